The van der Waals surface area contributed by atoms with Crippen molar-refractivity contribution < 1.29 is 9.47 Å². The zero-order chi connectivity index (χ0) is 14.5. The summed E-state index contributed by atoms with van der Waals surface area (Å²) in [6.07, 6.45) is 3.50. The van der Waals surface area contributed by atoms with Crippen molar-refractivity contribution in [2.45, 2.75) is 39.2 Å². The second-order valence-corrected chi connectivity index (χ2v) is 6.05. The van der Waals surface area contributed by atoms with Crippen LogP contribution in [0.1, 0.15) is 32.3 Å². The highest BCUT2D eigenvalue weighted by Gasteiger charge is 2.21. The van der Waals surface area contributed by atoms with Crippen molar-refractivity contribution in [2.24, 2.45) is 5.92 Å². The third kappa shape index (κ3) is 3.80. The monoisotopic (exact) mass is 297 g/mol. The molecule has 1 atom stereocenters. The minimum absolute atomic E-state index is 0.102. The second-order valence-electron chi connectivity index (χ2n) is 5.64. The average molecular weight is 298 g/mol. The van der Waals surface area contributed by atoms with Crippen molar-refractivity contribution in [3.8, 4) is 11.5 Å². The fourth-order valence-electron chi connectivity index (χ4n) is 2.69. The van der Waals surface area contributed by atoms with Crippen LogP contribution >= 0.6 is 11.6 Å². The SMILES string of the molecule is COc1ccc(Cl)c(CC2CCCNC2)c1OC(C)C. The van der Waals surface area contributed by atoms with Crippen LogP contribution in [-0.4, -0.2) is 26.3 Å². The molecular weight excluding hydrogens is 274 g/mol. The molecule has 1 fully saturated rings. The van der Waals surface area contributed by atoms with Gasteiger partial charge in [-0.15, -0.1) is 0 Å². The van der Waals surface area contributed by atoms with E-state index < -0.39 is 0 Å². The summed E-state index contributed by atoms with van der Waals surface area (Å²) in [4.78, 5) is 0. The van der Waals surface area contributed by atoms with Crippen molar-refractivity contribution >= 4 is 11.6 Å². The Morgan fingerprint density at radius 3 is 2.80 bits per heavy atom. The Morgan fingerprint density at radius 1 is 1.40 bits per heavy atom. The van der Waals surface area contributed by atoms with E-state index in [0.717, 1.165) is 41.6 Å². The fourth-order valence-corrected chi connectivity index (χ4v) is 2.91. The molecule has 0 bridgehead atoms. The number of rotatable bonds is 5. The van der Waals surface area contributed by atoms with Gasteiger partial charge in [0.15, 0.2) is 11.5 Å². The Balaban J connectivity index is 2.27. The first-order valence-electron chi connectivity index (χ1n) is 7.34. The molecule has 20 heavy (non-hydrogen) atoms. The van der Waals surface area contributed by atoms with Gasteiger partial charge in [0.2, 0.25) is 0 Å². The van der Waals surface area contributed by atoms with Gasteiger partial charge in [-0.05, 0) is 64.3 Å². The van der Waals surface area contributed by atoms with Crippen molar-refractivity contribution in [3.05, 3.63) is 22.7 Å². The maximum Gasteiger partial charge on any atom is 0.166 e. The third-order valence-corrected chi connectivity index (χ3v) is 3.99. The van der Waals surface area contributed by atoms with Crippen LogP contribution in [0, 0.1) is 5.92 Å². The second kappa shape index (κ2) is 7.19. The van der Waals surface area contributed by atoms with E-state index in [2.05, 4.69) is 5.32 Å². The van der Waals surface area contributed by atoms with Crippen molar-refractivity contribution in [1.82, 2.24) is 5.32 Å². The lowest BCUT2D eigenvalue weighted by Gasteiger charge is -2.25. The van der Waals surface area contributed by atoms with Crippen molar-refractivity contribution in [1.29, 1.82) is 0 Å². The number of halogens is 1. The van der Waals surface area contributed by atoms with Gasteiger partial charge in [0.25, 0.3) is 0 Å². The van der Waals surface area contributed by atoms with E-state index in [1.54, 1.807) is 7.11 Å². The van der Waals surface area contributed by atoms with E-state index in [9.17, 15) is 0 Å². The molecule has 0 saturated carbocycles. The number of ether oxygens (including phenoxy) is 2. The maximum absolute atomic E-state index is 6.41. The first-order chi connectivity index (χ1) is 9.61. The third-order valence-electron chi connectivity index (χ3n) is 3.63. The predicted molar refractivity (Wildman–Crippen MR) is 83.1 cm³/mol. The summed E-state index contributed by atoms with van der Waals surface area (Å²) in [6, 6.07) is 3.78. The molecule has 0 spiro atoms. The van der Waals surface area contributed by atoms with Gasteiger partial charge in [-0.3, -0.25) is 0 Å². The van der Waals surface area contributed by atoms with Gasteiger partial charge in [-0.25, -0.2) is 0 Å². The fraction of sp³-hybridized carbons (Fsp3) is 0.625. The molecule has 3 nitrogen and oxygen atoms in total. The number of piperidine rings is 1. The first kappa shape index (κ1) is 15.5. The number of methoxy groups -OCH3 is 1. The van der Waals surface area contributed by atoms with E-state index in [1.165, 1.54) is 12.8 Å². The van der Waals surface area contributed by atoms with Crippen molar-refractivity contribution in [3.63, 3.8) is 0 Å². The van der Waals surface area contributed by atoms with Gasteiger partial charge in [0.05, 0.1) is 13.2 Å². The highest BCUT2D eigenvalue weighted by Crippen LogP contribution is 2.38. The normalized spacial score (nSPS) is 19.1. The Labute approximate surface area is 126 Å². The number of hydrogen-bond donors (Lipinski definition) is 1. The molecule has 1 aliphatic heterocycles. The van der Waals surface area contributed by atoms with Crippen LogP contribution in [-0.2, 0) is 6.42 Å². The molecule has 0 aromatic heterocycles. The highest BCUT2D eigenvalue weighted by molar-refractivity contribution is 6.31. The summed E-state index contributed by atoms with van der Waals surface area (Å²) < 4.78 is 11.4. The molecule has 0 radical (unpaired) electrons. The van der Waals surface area contributed by atoms with Gasteiger partial charge in [-0.1, -0.05) is 11.6 Å². The molecule has 2 rings (SSSR count). The van der Waals surface area contributed by atoms with Gasteiger partial charge < -0.3 is 14.8 Å². The van der Waals surface area contributed by atoms with E-state index in [-0.39, 0.29) is 6.10 Å². The van der Waals surface area contributed by atoms with Crippen molar-refractivity contribution in [2.75, 3.05) is 20.2 Å². The molecule has 1 aliphatic rings. The lowest BCUT2D eigenvalue weighted by molar-refractivity contribution is 0.226. The van der Waals surface area contributed by atoms with E-state index in [1.807, 2.05) is 26.0 Å². The summed E-state index contributed by atoms with van der Waals surface area (Å²) in [5.41, 5.74) is 1.08. The van der Waals surface area contributed by atoms with Crippen LogP contribution in [0.15, 0.2) is 12.1 Å². The summed E-state index contributed by atoms with van der Waals surface area (Å²) >= 11 is 6.41. The molecule has 112 valence electrons. The lowest BCUT2D eigenvalue weighted by atomic mass is 9.91. The molecule has 1 unspecified atom stereocenters. The smallest absolute Gasteiger partial charge is 0.166 e. The van der Waals surface area contributed by atoms with Crippen LogP contribution < -0.4 is 14.8 Å². The van der Waals surface area contributed by atoms with Crippen LogP contribution in [0.2, 0.25) is 5.02 Å². The standard InChI is InChI=1S/C16H24ClNO2/c1-11(2)20-16-13(9-12-5-4-8-18-10-12)14(17)6-7-15(16)19-3/h6-7,11-12,18H,4-5,8-10H2,1-3H3. The molecular formula is C16H24ClNO2. The highest BCUT2D eigenvalue weighted by atomic mass is 35.5. The van der Waals surface area contributed by atoms with E-state index in [4.69, 9.17) is 21.1 Å². The molecule has 1 aromatic carbocycles. The molecule has 1 N–H and O–H groups in total. The Kier molecular flexibility index (Phi) is 5.55. The van der Waals surface area contributed by atoms with Crippen LogP contribution in [0.25, 0.3) is 0 Å². The molecule has 1 heterocycles. The van der Waals surface area contributed by atoms with Crippen LogP contribution in [0.3, 0.4) is 0 Å². The minimum Gasteiger partial charge on any atom is -0.493 e. The van der Waals surface area contributed by atoms with Gasteiger partial charge in [0, 0.05) is 10.6 Å². The number of nitrogens with one attached hydrogen (secondary N) is 1. The zero-order valence-electron chi connectivity index (χ0n) is 12.5. The number of benzene rings is 1. The molecule has 4 heteroatoms. The quantitative estimate of drug-likeness (QED) is 0.899. The summed E-state index contributed by atoms with van der Waals surface area (Å²) in [5.74, 6) is 2.19. The Bertz CT molecular complexity index is 442. The molecule has 0 aliphatic carbocycles. The van der Waals surface area contributed by atoms with E-state index >= 15 is 0 Å². The zero-order valence-corrected chi connectivity index (χ0v) is 13.3. The number of hydrogen-bond acceptors (Lipinski definition) is 3. The largest absolute Gasteiger partial charge is 0.493 e. The first-order valence-corrected chi connectivity index (χ1v) is 7.72. The predicted octanol–water partition coefficient (Wildman–Crippen LogP) is 3.68. The maximum atomic E-state index is 6.41. The molecule has 0 amide bonds. The minimum atomic E-state index is 0.102. The Morgan fingerprint density at radius 2 is 2.20 bits per heavy atom. The Hall–Kier alpha value is -0.930. The molecule has 1 saturated heterocycles. The van der Waals surface area contributed by atoms with Crippen LogP contribution in [0.4, 0.5) is 0 Å². The summed E-state index contributed by atoms with van der Waals surface area (Å²) in [5, 5.41) is 4.22. The molecule has 1 aromatic rings. The van der Waals surface area contributed by atoms with Gasteiger partial charge in [-0.2, -0.15) is 0 Å². The average Bonchev–Trinajstić information content (AvgIpc) is 2.44. The summed E-state index contributed by atoms with van der Waals surface area (Å²) in [6.45, 7) is 6.21. The van der Waals surface area contributed by atoms with Crippen LogP contribution in [0.5, 0.6) is 11.5 Å². The van der Waals surface area contributed by atoms with Gasteiger partial charge >= 0.3 is 0 Å². The van der Waals surface area contributed by atoms with Gasteiger partial charge in [0.1, 0.15) is 0 Å². The summed E-state index contributed by atoms with van der Waals surface area (Å²) in [7, 11) is 1.67. The van der Waals surface area contributed by atoms with E-state index in [0.29, 0.717) is 5.92 Å². The lowest BCUT2D eigenvalue weighted by Crippen LogP contribution is -2.31. The topological polar surface area (TPSA) is 30.5 Å².